The molecule has 5 heteroatoms. The smallest absolute Gasteiger partial charge is 0.159 e. The van der Waals surface area contributed by atoms with Crippen molar-refractivity contribution in [1.82, 2.24) is 20.1 Å². The maximum Gasteiger partial charge on any atom is 0.159 e. The molecule has 1 aliphatic heterocycles. The quantitative estimate of drug-likeness (QED) is 0.862. The Morgan fingerprint density at radius 2 is 2.06 bits per heavy atom. The van der Waals surface area contributed by atoms with Crippen LogP contribution in [0.2, 0.25) is 0 Å². The summed E-state index contributed by atoms with van der Waals surface area (Å²) < 4.78 is 8.05. The highest BCUT2D eigenvalue weighted by molar-refractivity contribution is 4.94. The predicted octanol–water partition coefficient (Wildman–Crippen LogP) is 1.44. The van der Waals surface area contributed by atoms with E-state index in [0.717, 1.165) is 37.6 Å². The standard InChI is InChI=1S/C12H22N4O/c1-9(2)16-10(3)14-15-12(16)8-17-11-4-6-13-7-5-11/h9,11,13H,4-8H2,1-3H3. The second kappa shape index (κ2) is 5.60. The van der Waals surface area contributed by atoms with Gasteiger partial charge in [0, 0.05) is 6.04 Å². The molecule has 0 aliphatic carbocycles. The predicted molar refractivity (Wildman–Crippen MR) is 65.8 cm³/mol. The van der Waals surface area contributed by atoms with Crippen LogP contribution in [0.1, 0.15) is 44.4 Å². The van der Waals surface area contributed by atoms with Crippen LogP contribution in [-0.2, 0) is 11.3 Å². The number of aromatic nitrogens is 3. The van der Waals surface area contributed by atoms with Gasteiger partial charge in [-0.3, -0.25) is 0 Å². The number of hydrogen-bond acceptors (Lipinski definition) is 4. The Bertz CT molecular complexity index is 355. The van der Waals surface area contributed by atoms with Crippen LogP contribution in [0.15, 0.2) is 0 Å². The molecular weight excluding hydrogens is 216 g/mol. The lowest BCUT2D eigenvalue weighted by atomic mass is 10.1. The summed E-state index contributed by atoms with van der Waals surface area (Å²) in [7, 11) is 0. The van der Waals surface area contributed by atoms with E-state index >= 15 is 0 Å². The second-order valence-electron chi connectivity index (χ2n) is 4.89. The first kappa shape index (κ1) is 12.5. The third-order valence-corrected chi connectivity index (χ3v) is 3.19. The Balaban J connectivity index is 1.94. The normalized spacial score (nSPS) is 17.9. The van der Waals surface area contributed by atoms with Crippen molar-refractivity contribution in [3.05, 3.63) is 11.6 Å². The highest BCUT2D eigenvalue weighted by Crippen LogP contribution is 2.14. The van der Waals surface area contributed by atoms with Crippen LogP contribution in [0.25, 0.3) is 0 Å². The molecular formula is C12H22N4O. The highest BCUT2D eigenvalue weighted by Gasteiger charge is 2.16. The Morgan fingerprint density at radius 3 is 2.71 bits per heavy atom. The molecule has 1 aromatic heterocycles. The van der Waals surface area contributed by atoms with Gasteiger partial charge in [0.15, 0.2) is 5.82 Å². The van der Waals surface area contributed by atoms with E-state index in [4.69, 9.17) is 4.74 Å². The van der Waals surface area contributed by atoms with Gasteiger partial charge in [-0.15, -0.1) is 10.2 Å². The van der Waals surface area contributed by atoms with Crippen molar-refractivity contribution >= 4 is 0 Å². The van der Waals surface area contributed by atoms with Gasteiger partial charge in [0.1, 0.15) is 12.4 Å². The van der Waals surface area contributed by atoms with Crippen LogP contribution in [0.3, 0.4) is 0 Å². The molecule has 0 aromatic carbocycles. The topological polar surface area (TPSA) is 52.0 Å². The summed E-state index contributed by atoms with van der Waals surface area (Å²) in [5.74, 6) is 1.90. The highest BCUT2D eigenvalue weighted by atomic mass is 16.5. The van der Waals surface area contributed by atoms with Crippen LogP contribution in [0.5, 0.6) is 0 Å². The number of piperidine rings is 1. The van der Waals surface area contributed by atoms with E-state index in [2.05, 4.69) is 33.9 Å². The van der Waals surface area contributed by atoms with E-state index < -0.39 is 0 Å². The molecule has 96 valence electrons. The summed E-state index contributed by atoms with van der Waals surface area (Å²) in [5, 5.41) is 11.6. The van der Waals surface area contributed by atoms with Crippen molar-refractivity contribution in [2.24, 2.45) is 0 Å². The van der Waals surface area contributed by atoms with Crippen LogP contribution in [0.4, 0.5) is 0 Å². The maximum atomic E-state index is 5.91. The minimum atomic E-state index is 0.369. The molecule has 1 fully saturated rings. The molecule has 1 aromatic rings. The number of rotatable bonds is 4. The zero-order chi connectivity index (χ0) is 12.3. The van der Waals surface area contributed by atoms with E-state index in [1.165, 1.54) is 0 Å². The Kier molecular flexibility index (Phi) is 4.12. The molecule has 1 aliphatic rings. The van der Waals surface area contributed by atoms with Gasteiger partial charge < -0.3 is 14.6 Å². The summed E-state index contributed by atoms with van der Waals surface area (Å²) in [6, 6.07) is 0.386. The van der Waals surface area contributed by atoms with Gasteiger partial charge in [-0.25, -0.2) is 0 Å². The van der Waals surface area contributed by atoms with Crippen LogP contribution >= 0.6 is 0 Å². The summed E-state index contributed by atoms with van der Waals surface area (Å²) in [6.07, 6.45) is 2.55. The van der Waals surface area contributed by atoms with Gasteiger partial charge in [0.25, 0.3) is 0 Å². The summed E-state index contributed by atoms with van der Waals surface area (Å²) in [6.45, 7) is 8.96. The third kappa shape index (κ3) is 3.04. The fraction of sp³-hybridized carbons (Fsp3) is 0.833. The molecule has 17 heavy (non-hydrogen) atoms. The first-order valence-electron chi connectivity index (χ1n) is 6.41. The van der Waals surface area contributed by atoms with Crippen LogP contribution in [-0.4, -0.2) is 34.0 Å². The Hall–Kier alpha value is -0.940. The molecule has 0 unspecified atom stereocenters. The fourth-order valence-corrected chi connectivity index (χ4v) is 2.34. The average Bonchev–Trinajstić information content (AvgIpc) is 2.69. The van der Waals surface area contributed by atoms with Crippen molar-refractivity contribution in [2.45, 2.75) is 52.4 Å². The lowest BCUT2D eigenvalue weighted by molar-refractivity contribution is 0.0159. The molecule has 0 spiro atoms. The van der Waals surface area contributed by atoms with Crippen molar-refractivity contribution in [3.8, 4) is 0 Å². The van der Waals surface area contributed by atoms with E-state index in [-0.39, 0.29) is 0 Å². The van der Waals surface area contributed by atoms with Crippen molar-refractivity contribution in [2.75, 3.05) is 13.1 Å². The number of nitrogens with one attached hydrogen (secondary N) is 1. The lowest BCUT2D eigenvalue weighted by Crippen LogP contribution is -2.32. The molecule has 1 N–H and O–H groups in total. The number of ether oxygens (including phenoxy) is 1. The van der Waals surface area contributed by atoms with E-state index in [0.29, 0.717) is 18.8 Å². The second-order valence-corrected chi connectivity index (χ2v) is 4.89. The third-order valence-electron chi connectivity index (χ3n) is 3.19. The van der Waals surface area contributed by atoms with Crippen molar-refractivity contribution in [3.63, 3.8) is 0 Å². The lowest BCUT2D eigenvalue weighted by Gasteiger charge is -2.23. The summed E-state index contributed by atoms with van der Waals surface area (Å²) in [4.78, 5) is 0. The first-order chi connectivity index (χ1) is 8.18. The summed E-state index contributed by atoms with van der Waals surface area (Å²) >= 11 is 0. The molecule has 0 atom stereocenters. The maximum absolute atomic E-state index is 5.91. The van der Waals surface area contributed by atoms with Crippen molar-refractivity contribution in [1.29, 1.82) is 0 Å². The van der Waals surface area contributed by atoms with Crippen LogP contribution in [0, 0.1) is 6.92 Å². The SMILES string of the molecule is Cc1nnc(COC2CCNCC2)n1C(C)C. The molecule has 2 heterocycles. The molecule has 5 nitrogen and oxygen atoms in total. The minimum absolute atomic E-state index is 0.369. The van der Waals surface area contributed by atoms with Gasteiger partial charge in [-0.05, 0) is 46.7 Å². The van der Waals surface area contributed by atoms with Crippen LogP contribution < -0.4 is 5.32 Å². The zero-order valence-corrected chi connectivity index (χ0v) is 10.9. The molecule has 0 amide bonds. The monoisotopic (exact) mass is 238 g/mol. The summed E-state index contributed by atoms with van der Waals surface area (Å²) in [5.41, 5.74) is 0. The Labute approximate surface area is 103 Å². The number of nitrogens with zero attached hydrogens (tertiary/aromatic N) is 3. The zero-order valence-electron chi connectivity index (χ0n) is 10.9. The molecule has 0 saturated carbocycles. The van der Waals surface area contributed by atoms with E-state index in [9.17, 15) is 0 Å². The molecule has 0 radical (unpaired) electrons. The van der Waals surface area contributed by atoms with Gasteiger partial charge in [-0.2, -0.15) is 0 Å². The molecule has 2 rings (SSSR count). The Morgan fingerprint density at radius 1 is 1.35 bits per heavy atom. The number of hydrogen-bond donors (Lipinski definition) is 1. The largest absolute Gasteiger partial charge is 0.370 e. The van der Waals surface area contributed by atoms with E-state index in [1.54, 1.807) is 0 Å². The number of aryl methyl sites for hydroxylation is 1. The van der Waals surface area contributed by atoms with Gasteiger partial charge in [-0.1, -0.05) is 0 Å². The first-order valence-corrected chi connectivity index (χ1v) is 6.41. The van der Waals surface area contributed by atoms with Gasteiger partial charge >= 0.3 is 0 Å². The molecule has 0 bridgehead atoms. The van der Waals surface area contributed by atoms with Gasteiger partial charge in [0.2, 0.25) is 0 Å². The molecule has 1 saturated heterocycles. The van der Waals surface area contributed by atoms with E-state index in [1.807, 2.05) is 6.92 Å². The average molecular weight is 238 g/mol. The fourth-order valence-electron chi connectivity index (χ4n) is 2.34. The minimum Gasteiger partial charge on any atom is -0.370 e. The van der Waals surface area contributed by atoms with Crippen molar-refractivity contribution < 1.29 is 4.74 Å². The van der Waals surface area contributed by atoms with Gasteiger partial charge in [0.05, 0.1) is 6.10 Å².